The van der Waals surface area contributed by atoms with E-state index in [2.05, 4.69) is 60.4 Å². The van der Waals surface area contributed by atoms with Gasteiger partial charge in [0, 0.05) is 62.5 Å². The molecule has 0 atom stereocenters. The lowest BCUT2D eigenvalue weighted by Crippen LogP contribution is -2.27. The summed E-state index contributed by atoms with van der Waals surface area (Å²) in [5.41, 5.74) is 5.15. The number of nitrogens with one attached hydrogen (secondary N) is 1. The summed E-state index contributed by atoms with van der Waals surface area (Å²) in [5, 5.41) is 3.76. The van der Waals surface area contributed by atoms with Gasteiger partial charge in [0.2, 0.25) is 0 Å². The minimum atomic E-state index is 0.433. The number of anilines is 1. The number of benzene rings is 1. The second kappa shape index (κ2) is 12.3. The fourth-order valence-corrected chi connectivity index (χ4v) is 4.55. The zero-order chi connectivity index (χ0) is 24.5. The first-order valence-electron chi connectivity index (χ1n) is 12.3. The molecule has 0 amide bonds. The van der Waals surface area contributed by atoms with Crippen LogP contribution >= 0.6 is 0 Å². The zero-order valence-corrected chi connectivity index (χ0v) is 21.4. The van der Waals surface area contributed by atoms with Crippen molar-refractivity contribution in [2.45, 2.75) is 52.0 Å². The molecule has 1 aliphatic rings. The van der Waals surface area contributed by atoms with E-state index >= 15 is 0 Å². The summed E-state index contributed by atoms with van der Waals surface area (Å²) < 4.78 is 0. The highest BCUT2D eigenvalue weighted by Crippen LogP contribution is 2.31. The molecule has 1 heterocycles. The Morgan fingerprint density at radius 3 is 2.59 bits per heavy atom. The van der Waals surface area contributed by atoms with Gasteiger partial charge >= 0.3 is 0 Å². The van der Waals surface area contributed by atoms with E-state index in [9.17, 15) is 0 Å². The van der Waals surface area contributed by atoms with Gasteiger partial charge in [-0.15, -0.1) is 0 Å². The summed E-state index contributed by atoms with van der Waals surface area (Å²) in [7, 11) is 5.82. The highest BCUT2D eigenvalue weighted by atomic mass is 15.1. The van der Waals surface area contributed by atoms with Gasteiger partial charge in [0.05, 0.1) is 0 Å². The first-order chi connectivity index (χ1) is 16.5. The molecule has 0 spiro atoms. The van der Waals surface area contributed by atoms with Crippen LogP contribution in [0.4, 0.5) is 5.82 Å². The number of rotatable bonds is 9. The van der Waals surface area contributed by atoms with Crippen LogP contribution in [-0.4, -0.2) is 48.3 Å². The van der Waals surface area contributed by atoms with Crippen molar-refractivity contribution in [3.63, 3.8) is 0 Å². The summed E-state index contributed by atoms with van der Waals surface area (Å²) in [6, 6.07) is 8.77. The first kappa shape index (κ1) is 25.4. The molecule has 0 bridgehead atoms. The van der Waals surface area contributed by atoms with E-state index in [1.165, 1.54) is 32.1 Å². The van der Waals surface area contributed by atoms with Gasteiger partial charge in [-0.2, -0.15) is 0 Å². The van der Waals surface area contributed by atoms with Gasteiger partial charge < -0.3 is 10.2 Å². The quantitative estimate of drug-likeness (QED) is 0.335. The van der Waals surface area contributed by atoms with E-state index in [4.69, 9.17) is 9.97 Å². The maximum Gasteiger partial charge on any atom is 0.161 e. The normalized spacial score (nSPS) is 19.3. The van der Waals surface area contributed by atoms with E-state index in [-0.39, 0.29) is 0 Å². The SMILES string of the molecule is C=C/C(=C\N(C)C)c1cccc(-c2ncc(/C(C=NC)=C/C)c(NC3CCC(CC)CC3)n2)c1. The number of nitrogens with zero attached hydrogens (tertiary/aromatic N) is 4. The number of allylic oxidation sites excluding steroid dienone is 4. The van der Waals surface area contributed by atoms with Gasteiger partial charge in [0.15, 0.2) is 5.82 Å². The Labute approximate surface area is 205 Å². The molecular weight excluding hydrogens is 418 g/mol. The molecule has 1 aliphatic carbocycles. The molecule has 3 rings (SSSR count). The molecular formula is C29H39N5. The molecule has 180 valence electrons. The lowest BCUT2D eigenvalue weighted by molar-refractivity contribution is 0.330. The first-order valence-corrected chi connectivity index (χ1v) is 12.3. The van der Waals surface area contributed by atoms with Crippen LogP contribution in [0.1, 0.15) is 57.1 Å². The third-order valence-corrected chi connectivity index (χ3v) is 6.52. The van der Waals surface area contributed by atoms with Gasteiger partial charge in [-0.1, -0.05) is 50.3 Å². The Kier molecular flexibility index (Phi) is 9.20. The van der Waals surface area contributed by atoms with Crippen LogP contribution in [0, 0.1) is 5.92 Å². The predicted molar refractivity (Wildman–Crippen MR) is 147 cm³/mol. The summed E-state index contributed by atoms with van der Waals surface area (Å²) in [5.74, 6) is 2.46. The summed E-state index contributed by atoms with van der Waals surface area (Å²) in [6.07, 6.45) is 16.0. The van der Waals surface area contributed by atoms with Crippen LogP contribution in [0.25, 0.3) is 22.5 Å². The van der Waals surface area contributed by atoms with Crippen molar-refractivity contribution in [2.24, 2.45) is 10.9 Å². The van der Waals surface area contributed by atoms with Crippen LogP contribution in [0.3, 0.4) is 0 Å². The largest absolute Gasteiger partial charge is 0.383 e. The van der Waals surface area contributed by atoms with Gasteiger partial charge in [-0.3, -0.25) is 4.99 Å². The highest BCUT2D eigenvalue weighted by molar-refractivity contribution is 6.11. The fourth-order valence-electron chi connectivity index (χ4n) is 4.55. The second-order valence-corrected chi connectivity index (χ2v) is 9.19. The Balaban J connectivity index is 1.99. The van der Waals surface area contributed by atoms with Crippen molar-refractivity contribution in [3.8, 4) is 11.4 Å². The van der Waals surface area contributed by atoms with Crippen LogP contribution < -0.4 is 5.32 Å². The number of aliphatic imine (C=N–C) groups is 1. The molecule has 0 saturated heterocycles. The fraction of sp³-hybridized carbons (Fsp3) is 0.414. The third kappa shape index (κ3) is 6.43. The lowest BCUT2D eigenvalue weighted by Gasteiger charge is -2.29. The second-order valence-electron chi connectivity index (χ2n) is 9.19. The van der Waals surface area contributed by atoms with Crippen molar-refractivity contribution in [1.29, 1.82) is 0 Å². The Morgan fingerprint density at radius 2 is 1.97 bits per heavy atom. The predicted octanol–water partition coefficient (Wildman–Crippen LogP) is 6.72. The molecule has 5 nitrogen and oxygen atoms in total. The minimum absolute atomic E-state index is 0.433. The minimum Gasteiger partial charge on any atom is -0.383 e. The number of hydrogen-bond acceptors (Lipinski definition) is 5. The highest BCUT2D eigenvalue weighted by Gasteiger charge is 2.22. The van der Waals surface area contributed by atoms with Crippen molar-refractivity contribution in [2.75, 3.05) is 26.5 Å². The molecule has 0 aliphatic heterocycles. The van der Waals surface area contributed by atoms with Gasteiger partial charge in [0.1, 0.15) is 5.82 Å². The smallest absolute Gasteiger partial charge is 0.161 e. The van der Waals surface area contributed by atoms with Crippen LogP contribution in [-0.2, 0) is 0 Å². The Bertz CT molecular complexity index is 1060. The number of hydrogen-bond donors (Lipinski definition) is 1. The van der Waals surface area contributed by atoms with Crippen molar-refractivity contribution in [1.82, 2.24) is 14.9 Å². The Hall–Kier alpha value is -3.21. The van der Waals surface area contributed by atoms with E-state index in [0.717, 1.165) is 39.6 Å². The topological polar surface area (TPSA) is 53.4 Å². The summed E-state index contributed by atoms with van der Waals surface area (Å²) >= 11 is 0. The molecule has 0 unspecified atom stereocenters. The van der Waals surface area contributed by atoms with E-state index in [1.807, 2.05) is 44.4 Å². The maximum atomic E-state index is 5.03. The van der Waals surface area contributed by atoms with Gasteiger partial charge in [0.25, 0.3) is 0 Å². The third-order valence-electron chi connectivity index (χ3n) is 6.52. The van der Waals surface area contributed by atoms with E-state index in [1.54, 1.807) is 7.05 Å². The number of aromatic nitrogens is 2. The van der Waals surface area contributed by atoms with E-state index < -0.39 is 0 Å². The zero-order valence-electron chi connectivity index (χ0n) is 21.4. The molecule has 0 radical (unpaired) electrons. The average Bonchev–Trinajstić information content (AvgIpc) is 2.86. The molecule has 1 N–H and O–H groups in total. The van der Waals surface area contributed by atoms with Crippen LogP contribution in [0.15, 0.2) is 60.4 Å². The van der Waals surface area contributed by atoms with Gasteiger partial charge in [-0.05, 0) is 55.7 Å². The standard InChI is InChI=1S/C29H39N5/c1-7-21-13-15-26(16-14-21)32-29-27(22(8-2)18-30-4)19-31-28(33-29)25-12-10-11-24(17-25)23(9-3)20-34(5)6/h8-12,17-21,26H,3,7,13-16H2,1-2,4-6H3,(H,31,32,33)/b22-8+,23-20+,30-18?. The lowest BCUT2D eigenvalue weighted by atomic mass is 9.84. The molecule has 1 saturated carbocycles. The Morgan fingerprint density at radius 1 is 1.21 bits per heavy atom. The molecule has 5 heteroatoms. The average molecular weight is 458 g/mol. The van der Waals surface area contributed by atoms with Crippen LogP contribution in [0.5, 0.6) is 0 Å². The van der Waals surface area contributed by atoms with Crippen molar-refractivity contribution >= 4 is 23.2 Å². The summed E-state index contributed by atoms with van der Waals surface area (Å²) in [6.45, 7) is 8.31. The maximum absolute atomic E-state index is 5.03. The molecule has 1 aromatic heterocycles. The van der Waals surface area contributed by atoms with Crippen molar-refractivity contribution in [3.05, 3.63) is 66.5 Å². The summed E-state index contributed by atoms with van der Waals surface area (Å²) in [4.78, 5) is 16.1. The molecule has 1 aromatic carbocycles. The van der Waals surface area contributed by atoms with Gasteiger partial charge in [-0.25, -0.2) is 9.97 Å². The molecule has 1 fully saturated rings. The van der Waals surface area contributed by atoms with Crippen molar-refractivity contribution < 1.29 is 0 Å². The molecule has 2 aromatic rings. The molecule has 34 heavy (non-hydrogen) atoms. The monoisotopic (exact) mass is 457 g/mol. The van der Waals surface area contributed by atoms with E-state index in [0.29, 0.717) is 11.9 Å². The van der Waals surface area contributed by atoms with Crippen LogP contribution in [0.2, 0.25) is 0 Å².